The molecule has 0 unspecified atom stereocenters. The number of rotatable bonds is 4. The number of benzene rings is 2. The van der Waals surface area contributed by atoms with Crippen molar-refractivity contribution < 1.29 is 4.42 Å². The van der Waals surface area contributed by atoms with Gasteiger partial charge in [0.05, 0.1) is 23.8 Å². The summed E-state index contributed by atoms with van der Waals surface area (Å²) >= 11 is 0. The molecule has 3 rings (SSSR count). The molecule has 0 saturated heterocycles. The Hall–Kier alpha value is -2.94. The van der Waals surface area contributed by atoms with Crippen LogP contribution < -0.4 is 0 Å². The van der Waals surface area contributed by atoms with Crippen LogP contribution in [-0.4, -0.2) is 12.4 Å². The van der Waals surface area contributed by atoms with E-state index < -0.39 is 0 Å². The van der Waals surface area contributed by atoms with Gasteiger partial charge in [-0.05, 0) is 80.3 Å². The van der Waals surface area contributed by atoms with Crippen LogP contribution in [0.2, 0.25) is 0 Å². The summed E-state index contributed by atoms with van der Waals surface area (Å²) in [5, 5.41) is 0. The molecule has 2 aromatic carbocycles. The largest absolute Gasteiger partial charge is 0.454 e. The molecule has 3 heteroatoms. The van der Waals surface area contributed by atoms with Crippen molar-refractivity contribution in [3.8, 4) is 0 Å². The lowest BCUT2D eigenvalue weighted by Crippen LogP contribution is -2.16. The quantitative estimate of drug-likeness (QED) is 0.330. The summed E-state index contributed by atoms with van der Waals surface area (Å²) in [6.45, 7) is 26.9. The lowest BCUT2D eigenvalue weighted by atomic mass is 9.80. The predicted octanol–water partition coefficient (Wildman–Crippen LogP) is 9.97. The van der Waals surface area contributed by atoms with Crippen LogP contribution in [0.1, 0.15) is 117 Å². The SMILES string of the molecule is CC(C)(C)c1cc(N=Cc2ccc(C=Nc3cc(C(C)(C)C)cc(C(C)(C)C)c3)o2)cc(C(C)(C)C)c1. The summed E-state index contributed by atoms with van der Waals surface area (Å²) in [6, 6.07) is 17.2. The van der Waals surface area contributed by atoms with Gasteiger partial charge in [0.15, 0.2) is 0 Å². The molecule has 1 aromatic heterocycles. The van der Waals surface area contributed by atoms with Crippen molar-refractivity contribution in [1.29, 1.82) is 0 Å². The van der Waals surface area contributed by atoms with Gasteiger partial charge < -0.3 is 4.42 Å². The third-order valence-corrected chi connectivity index (χ3v) is 6.63. The Bertz CT molecular complexity index is 1130. The normalized spacial score (nSPS) is 13.7. The van der Waals surface area contributed by atoms with Crippen molar-refractivity contribution in [2.45, 2.75) is 105 Å². The molecule has 0 saturated carbocycles. The van der Waals surface area contributed by atoms with E-state index in [4.69, 9.17) is 14.4 Å². The van der Waals surface area contributed by atoms with Gasteiger partial charge >= 0.3 is 0 Å². The van der Waals surface area contributed by atoms with Crippen LogP contribution in [0.3, 0.4) is 0 Å². The fourth-order valence-corrected chi connectivity index (χ4v) is 3.89. The highest BCUT2D eigenvalue weighted by Gasteiger charge is 2.21. The number of furan rings is 1. The van der Waals surface area contributed by atoms with Crippen LogP contribution in [0.15, 0.2) is 62.9 Å². The molecule has 3 aromatic rings. The van der Waals surface area contributed by atoms with E-state index in [1.165, 1.54) is 22.3 Å². The molecule has 0 spiro atoms. The Kier molecular flexibility index (Phi) is 7.80. The molecule has 0 N–H and O–H groups in total. The van der Waals surface area contributed by atoms with Gasteiger partial charge in [-0.2, -0.15) is 0 Å². The average Bonchev–Trinajstić information content (AvgIpc) is 3.21. The van der Waals surface area contributed by atoms with Crippen LogP contribution in [0.25, 0.3) is 0 Å². The van der Waals surface area contributed by atoms with Crippen molar-refractivity contribution in [3.05, 3.63) is 82.3 Å². The standard InChI is InChI=1S/C34H46N2O/c1-31(2,3)23-15-24(32(4,5)6)18-27(17-23)35-21-29-13-14-30(37-29)22-36-28-19-25(33(7,8)9)16-26(20-28)34(10,11)12/h13-22H,1-12H3. The van der Waals surface area contributed by atoms with Gasteiger partial charge in [0, 0.05) is 0 Å². The monoisotopic (exact) mass is 498 g/mol. The summed E-state index contributed by atoms with van der Waals surface area (Å²) in [7, 11) is 0. The maximum absolute atomic E-state index is 6.02. The summed E-state index contributed by atoms with van der Waals surface area (Å²) in [4.78, 5) is 9.54. The maximum Gasteiger partial charge on any atom is 0.145 e. The average molecular weight is 499 g/mol. The highest BCUT2D eigenvalue weighted by atomic mass is 16.3. The topological polar surface area (TPSA) is 37.9 Å². The molecule has 0 amide bonds. The molecule has 198 valence electrons. The van der Waals surface area contributed by atoms with Crippen LogP contribution in [-0.2, 0) is 21.7 Å². The zero-order chi connectivity index (χ0) is 27.8. The Balaban J connectivity index is 1.87. The minimum atomic E-state index is 0.0526. The fraction of sp³-hybridized carbons (Fsp3) is 0.471. The number of nitrogens with zero attached hydrogens (tertiary/aromatic N) is 2. The third-order valence-electron chi connectivity index (χ3n) is 6.63. The molecule has 0 aliphatic carbocycles. The lowest BCUT2D eigenvalue weighted by molar-refractivity contribution is 0.553. The summed E-state index contributed by atoms with van der Waals surface area (Å²) < 4.78 is 6.02. The Labute approximate surface area is 225 Å². The molecule has 3 nitrogen and oxygen atoms in total. The molecule has 0 atom stereocenters. The van der Waals surface area contributed by atoms with Crippen molar-refractivity contribution in [2.24, 2.45) is 9.98 Å². The zero-order valence-electron chi connectivity index (χ0n) is 25.1. The van der Waals surface area contributed by atoms with Gasteiger partial charge in [-0.1, -0.05) is 95.2 Å². The predicted molar refractivity (Wildman–Crippen MR) is 161 cm³/mol. The van der Waals surface area contributed by atoms with E-state index in [2.05, 4.69) is 119 Å². The summed E-state index contributed by atoms with van der Waals surface area (Å²) in [5.41, 5.74) is 7.23. The molecule has 0 fully saturated rings. The first-order valence-corrected chi connectivity index (χ1v) is 13.3. The van der Waals surface area contributed by atoms with Gasteiger partial charge in [0.25, 0.3) is 0 Å². The lowest BCUT2D eigenvalue weighted by Gasteiger charge is -2.25. The van der Waals surface area contributed by atoms with E-state index in [1.54, 1.807) is 12.4 Å². The van der Waals surface area contributed by atoms with Crippen LogP contribution in [0, 0.1) is 0 Å². The van der Waals surface area contributed by atoms with E-state index in [-0.39, 0.29) is 21.7 Å². The molecule has 0 radical (unpaired) electrons. The molecule has 0 aliphatic rings. The van der Waals surface area contributed by atoms with Gasteiger partial charge in [-0.3, -0.25) is 9.98 Å². The number of hydrogen-bond acceptors (Lipinski definition) is 3. The minimum absolute atomic E-state index is 0.0526. The second-order valence-electron chi connectivity index (χ2n) is 14.3. The highest BCUT2D eigenvalue weighted by molar-refractivity contribution is 5.83. The smallest absolute Gasteiger partial charge is 0.145 e. The first-order chi connectivity index (χ1) is 16.8. The summed E-state index contributed by atoms with van der Waals surface area (Å²) in [6.07, 6.45) is 3.59. The molecular formula is C34H46N2O. The van der Waals surface area contributed by atoms with Gasteiger partial charge in [0.1, 0.15) is 11.5 Å². The first kappa shape index (κ1) is 28.6. The maximum atomic E-state index is 6.02. The highest BCUT2D eigenvalue weighted by Crippen LogP contribution is 2.34. The van der Waals surface area contributed by atoms with Gasteiger partial charge in [0.2, 0.25) is 0 Å². The van der Waals surface area contributed by atoms with Crippen molar-refractivity contribution in [3.63, 3.8) is 0 Å². The molecule has 0 aliphatic heterocycles. The molecule has 37 heavy (non-hydrogen) atoms. The van der Waals surface area contributed by atoms with Crippen molar-refractivity contribution in [1.82, 2.24) is 0 Å². The third kappa shape index (κ3) is 7.77. The van der Waals surface area contributed by atoms with E-state index in [9.17, 15) is 0 Å². The first-order valence-electron chi connectivity index (χ1n) is 13.3. The van der Waals surface area contributed by atoms with Crippen LogP contribution in [0.5, 0.6) is 0 Å². The molecule has 1 heterocycles. The van der Waals surface area contributed by atoms with Crippen LogP contribution >= 0.6 is 0 Å². The fourth-order valence-electron chi connectivity index (χ4n) is 3.89. The molecular weight excluding hydrogens is 452 g/mol. The second kappa shape index (κ2) is 10.1. The van der Waals surface area contributed by atoms with E-state index in [0.717, 1.165) is 11.4 Å². The van der Waals surface area contributed by atoms with Gasteiger partial charge in [-0.25, -0.2) is 0 Å². The zero-order valence-corrected chi connectivity index (χ0v) is 25.1. The summed E-state index contributed by atoms with van der Waals surface area (Å²) in [5.74, 6) is 1.41. The van der Waals surface area contributed by atoms with Crippen molar-refractivity contribution >= 4 is 23.8 Å². The second-order valence-corrected chi connectivity index (χ2v) is 14.3. The molecule has 0 bridgehead atoms. The van der Waals surface area contributed by atoms with E-state index in [1.807, 2.05) is 12.1 Å². The number of aliphatic imine (C=N–C) groups is 2. The van der Waals surface area contributed by atoms with Crippen LogP contribution in [0.4, 0.5) is 11.4 Å². The Morgan fingerprint density at radius 1 is 0.459 bits per heavy atom. The van der Waals surface area contributed by atoms with Crippen molar-refractivity contribution in [2.75, 3.05) is 0 Å². The Morgan fingerprint density at radius 2 is 0.730 bits per heavy atom. The number of hydrogen-bond donors (Lipinski definition) is 0. The van der Waals surface area contributed by atoms with Gasteiger partial charge in [-0.15, -0.1) is 0 Å². The van der Waals surface area contributed by atoms with E-state index in [0.29, 0.717) is 11.5 Å². The minimum Gasteiger partial charge on any atom is -0.454 e. The Morgan fingerprint density at radius 3 is 0.973 bits per heavy atom. The van der Waals surface area contributed by atoms with E-state index >= 15 is 0 Å².